The monoisotopic (exact) mass is 346 g/mol. The molecule has 5 nitrogen and oxygen atoms in total. The number of likely N-dealkylation sites (N-methyl/N-ethyl adjacent to an activating group) is 1. The Labute approximate surface area is 143 Å². The maximum atomic E-state index is 12.5. The minimum atomic E-state index is -3.71. The lowest BCUT2D eigenvalue weighted by Crippen LogP contribution is -2.31. The van der Waals surface area contributed by atoms with Crippen LogP contribution in [0.4, 0.5) is 0 Å². The minimum Gasteiger partial charge on any atom is -0.339 e. The van der Waals surface area contributed by atoms with Crippen LogP contribution in [0.15, 0.2) is 53.4 Å². The summed E-state index contributed by atoms with van der Waals surface area (Å²) >= 11 is 0. The standard InChI is InChI=1S/C18H22N2O3S/c1-13-6-4-5-7-16(13)12-18(21)20(3)14(2)15-8-10-17(11-9-15)24(19,22)23/h4-11,14H,12H2,1-3H3,(H2,19,22,23). The van der Waals surface area contributed by atoms with E-state index in [1.54, 1.807) is 24.1 Å². The van der Waals surface area contributed by atoms with Crippen LogP contribution in [-0.4, -0.2) is 26.3 Å². The van der Waals surface area contributed by atoms with E-state index < -0.39 is 10.0 Å². The summed E-state index contributed by atoms with van der Waals surface area (Å²) in [5, 5.41) is 5.10. The highest BCUT2D eigenvalue weighted by molar-refractivity contribution is 7.89. The van der Waals surface area contributed by atoms with Gasteiger partial charge in [0, 0.05) is 7.05 Å². The third kappa shape index (κ3) is 4.21. The van der Waals surface area contributed by atoms with Gasteiger partial charge in [-0.05, 0) is 42.7 Å². The fourth-order valence-electron chi connectivity index (χ4n) is 2.47. The predicted octanol–water partition coefficient (Wildman–Crippen LogP) is 2.40. The number of hydrogen-bond donors (Lipinski definition) is 1. The molecule has 0 radical (unpaired) electrons. The average molecular weight is 346 g/mol. The summed E-state index contributed by atoms with van der Waals surface area (Å²) in [5.74, 6) is 0.00678. The van der Waals surface area contributed by atoms with Crippen molar-refractivity contribution in [1.82, 2.24) is 4.90 Å². The molecule has 1 atom stereocenters. The molecule has 24 heavy (non-hydrogen) atoms. The summed E-state index contributed by atoms with van der Waals surface area (Å²) in [6.07, 6.45) is 0.336. The molecule has 2 N–H and O–H groups in total. The second-order valence-corrected chi connectivity index (χ2v) is 7.46. The SMILES string of the molecule is Cc1ccccc1CC(=O)N(C)C(C)c1ccc(S(N)(=O)=O)cc1. The van der Waals surface area contributed by atoms with Crippen LogP contribution < -0.4 is 5.14 Å². The van der Waals surface area contributed by atoms with Gasteiger partial charge in [-0.3, -0.25) is 4.79 Å². The molecular weight excluding hydrogens is 324 g/mol. The van der Waals surface area contributed by atoms with Gasteiger partial charge in [0.25, 0.3) is 0 Å². The molecule has 2 aromatic rings. The number of hydrogen-bond acceptors (Lipinski definition) is 3. The molecule has 0 aliphatic heterocycles. The van der Waals surface area contributed by atoms with Crippen LogP contribution in [0.5, 0.6) is 0 Å². The Morgan fingerprint density at radius 3 is 2.25 bits per heavy atom. The average Bonchev–Trinajstić information content (AvgIpc) is 2.55. The summed E-state index contributed by atoms with van der Waals surface area (Å²) in [6, 6.07) is 13.9. The van der Waals surface area contributed by atoms with Crippen LogP contribution in [0, 0.1) is 6.92 Å². The summed E-state index contributed by atoms with van der Waals surface area (Å²) in [7, 11) is -1.96. The molecule has 2 aromatic carbocycles. The van der Waals surface area contributed by atoms with Crippen LogP contribution in [-0.2, 0) is 21.2 Å². The second kappa shape index (κ2) is 7.15. The fourth-order valence-corrected chi connectivity index (χ4v) is 2.99. The van der Waals surface area contributed by atoms with E-state index in [2.05, 4.69) is 0 Å². The topological polar surface area (TPSA) is 80.5 Å². The number of nitrogens with zero attached hydrogens (tertiary/aromatic N) is 1. The molecule has 1 unspecified atom stereocenters. The molecule has 0 aliphatic carbocycles. The van der Waals surface area contributed by atoms with E-state index in [0.29, 0.717) is 6.42 Å². The van der Waals surface area contributed by atoms with Crippen molar-refractivity contribution in [2.24, 2.45) is 5.14 Å². The maximum absolute atomic E-state index is 12.5. The van der Waals surface area contributed by atoms with Crippen molar-refractivity contribution in [2.75, 3.05) is 7.05 Å². The lowest BCUT2D eigenvalue weighted by Gasteiger charge is -2.26. The van der Waals surface area contributed by atoms with Crippen LogP contribution in [0.1, 0.15) is 29.7 Å². The molecule has 0 heterocycles. The first-order chi connectivity index (χ1) is 11.2. The maximum Gasteiger partial charge on any atom is 0.238 e. The van der Waals surface area contributed by atoms with Gasteiger partial charge in [-0.1, -0.05) is 36.4 Å². The largest absolute Gasteiger partial charge is 0.339 e. The molecule has 0 aliphatic rings. The molecule has 0 saturated carbocycles. The number of primary sulfonamides is 1. The third-order valence-corrected chi connectivity index (χ3v) is 5.20. The molecule has 0 bridgehead atoms. The van der Waals surface area contributed by atoms with E-state index >= 15 is 0 Å². The third-order valence-electron chi connectivity index (χ3n) is 4.27. The van der Waals surface area contributed by atoms with Gasteiger partial charge in [-0.15, -0.1) is 0 Å². The molecule has 128 valence electrons. The number of benzene rings is 2. The van der Waals surface area contributed by atoms with Gasteiger partial charge in [0.1, 0.15) is 0 Å². The van der Waals surface area contributed by atoms with Crippen molar-refractivity contribution in [3.63, 3.8) is 0 Å². The molecule has 0 spiro atoms. The van der Waals surface area contributed by atoms with E-state index in [-0.39, 0.29) is 16.8 Å². The Balaban J connectivity index is 2.12. The van der Waals surface area contributed by atoms with Gasteiger partial charge in [-0.2, -0.15) is 0 Å². The van der Waals surface area contributed by atoms with Crippen molar-refractivity contribution < 1.29 is 13.2 Å². The Hall–Kier alpha value is -2.18. The molecule has 2 rings (SSSR count). The number of amides is 1. The Kier molecular flexibility index (Phi) is 5.41. The van der Waals surface area contributed by atoms with Gasteiger partial charge >= 0.3 is 0 Å². The molecule has 0 aromatic heterocycles. The van der Waals surface area contributed by atoms with Crippen LogP contribution in [0.3, 0.4) is 0 Å². The van der Waals surface area contributed by atoms with Crippen molar-refractivity contribution in [2.45, 2.75) is 31.2 Å². The normalized spacial score (nSPS) is 12.7. The van der Waals surface area contributed by atoms with Crippen LogP contribution in [0.2, 0.25) is 0 Å². The van der Waals surface area contributed by atoms with Crippen LogP contribution >= 0.6 is 0 Å². The first kappa shape index (κ1) is 18.2. The van der Waals surface area contributed by atoms with E-state index in [1.165, 1.54) is 12.1 Å². The second-order valence-electron chi connectivity index (χ2n) is 5.90. The lowest BCUT2D eigenvalue weighted by molar-refractivity contribution is -0.131. The highest BCUT2D eigenvalue weighted by atomic mass is 32.2. The number of nitrogens with two attached hydrogens (primary N) is 1. The summed E-state index contributed by atoms with van der Waals surface area (Å²) in [6.45, 7) is 3.89. The van der Waals surface area contributed by atoms with Gasteiger partial charge in [0.15, 0.2) is 0 Å². The van der Waals surface area contributed by atoms with E-state index in [1.807, 2.05) is 38.1 Å². The number of aryl methyl sites for hydroxylation is 1. The summed E-state index contributed by atoms with van der Waals surface area (Å²) < 4.78 is 22.6. The van der Waals surface area contributed by atoms with Crippen molar-refractivity contribution in [3.8, 4) is 0 Å². The predicted molar refractivity (Wildman–Crippen MR) is 93.9 cm³/mol. The van der Waals surface area contributed by atoms with Gasteiger partial charge in [-0.25, -0.2) is 13.6 Å². The number of carbonyl (C=O) groups excluding carboxylic acids is 1. The fraction of sp³-hybridized carbons (Fsp3) is 0.278. The van der Waals surface area contributed by atoms with Gasteiger partial charge in [0.2, 0.25) is 15.9 Å². The molecule has 6 heteroatoms. The number of carbonyl (C=O) groups is 1. The minimum absolute atomic E-state index is 0.00678. The molecule has 0 saturated heterocycles. The molecule has 0 fully saturated rings. The molecular formula is C18H22N2O3S. The Morgan fingerprint density at radius 1 is 1.12 bits per heavy atom. The van der Waals surface area contributed by atoms with E-state index in [4.69, 9.17) is 5.14 Å². The van der Waals surface area contributed by atoms with Gasteiger partial charge < -0.3 is 4.90 Å². The summed E-state index contributed by atoms with van der Waals surface area (Å²) in [5.41, 5.74) is 2.94. The van der Waals surface area contributed by atoms with Crippen molar-refractivity contribution in [3.05, 3.63) is 65.2 Å². The van der Waals surface area contributed by atoms with Crippen molar-refractivity contribution >= 4 is 15.9 Å². The summed E-state index contributed by atoms with van der Waals surface area (Å²) in [4.78, 5) is 14.2. The van der Waals surface area contributed by atoms with Crippen LogP contribution in [0.25, 0.3) is 0 Å². The zero-order chi connectivity index (χ0) is 17.9. The highest BCUT2D eigenvalue weighted by Crippen LogP contribution is 2.21. The van der Waals surface area contributed by atoms with Crippen molar-refractivity contribution in [1.29, 1.82) is 0 Å². The first-order valence-electron chi connectivity index (χ1n) is 7.63. The number of rotatable bonds is 5. The smallest absolute Gasteiger partial charge is 0.238 e. The lowest BCUT2D eigenvalue weighted by atomic mass is 10.0. The Bertz CT molecular complexity index is 830. The quantitative estimate of drug-likeness (QED) is 0.903. The van der Waals surface area contributed by atoms with E-state index in [9.17, 15) is 13.2 Å². The zero-order valence-corrected chi connectivity index (χ0v) is 14.9. The van der Waals surface area contributed by atoms with Gasteiger partial charge in [0.05, 0.1) is 17.4 Å². The number of sulfonamides is 1. The molecule has 1 amide bonds. The highest BCUT2D eigenvalue weighted by Gasteiger charge is 2.19. The van der Waals surface area contributed by atoms with E-state index in [0.717, 1.165) is 16.7 Å². The Morgan fingerprint density at radius 2 is 1.71 bits per heavy atom. The zero-order valence-electron chi connectivity index (χ0n) is 14.1. The first-order valence-corrected chi connectivity index (χ1v) is 9.17.